The lowest BCUT2D eigenvalue weighted by atomic mass is 9.81. The van der Waals surface area contributed by atoms with Crippen LogP contribution in [0.4, 0.5) is 5.69 Å². The highest BCUT2D eigenvalue weighted by atomic mass is 16.2. The van der Waals surface area contributed by atoms with E-state index in [0.717, 1.165) is 24.1 Å². The Balaban J connectivity index is 1.95. The van der Waals surface area contributed by atoms with Gasteiger partial charge in [0.15, 0.2) is 0 Å². The lowest BCUT2D eigenvalue weighted by Gasteiger charge is -2.23. The van der Waals surface area contributed by atoms with Gasteiger partial charge < -0.3 is 9.80 Å². The van der Waals surface area contributed by atoms with E-state index in [2.05, 4.69) is 0 Å². The molecule has 0 aliphatic carbocycles. The molecule has 0 aromatic heterocycles. The Morgan fingerprint density at radius 3 is 2.85 bits per heavy atom. The van der Waals surface area contributed by atoms with Gasteiger partial charge in [-0.1, -0.05) is 25.1 Å². The molecule has 3 rings (SSSR count). The van der Waals surface area contributed by atoms with Crippen molar-refractivity contribution in [3.8, 4) is 0 Å². The lowest BCUT2D eigenvalue weighted by Crippen LogP contribution is -2.42. The minimum atomic E-state index is -0.505. The van der Waals surface area contributed by atoms with E-state index in [1.807, 2.05) is 43.1 Å². The van der Waals surface area contributed by atoms with Gasteiger partial charge in [0.25, 0.3) is 0 Å². The predicted octanol–water partition coefficient (Wildman–Crippen LogP) is 1.93. The van der Waals surface area contributed by atoms with Crippen LogP contribution in [0.2, 0.25) is 0 Å². The SMILES string of the molecule is CCCC(=O)N1CCC2(C1)C(=O)N(C)c1ccccc12. The first-order chi connectivity index (χ1) is 9.60. The van der Waals surface area contributed by atoms with E-state index in [-0.39, 0.29) is 11.8 Å². The summed E-state index contributed by atoms with van der Waals surface area (Å²) in [6.45, 7) is 3.23. The van der Waals surface area contributed by atoms with Crippen molar-refractivity contribution in [1.29, 1.82) is 0 Å². The summed E-state index contributed by atoms with van der Waals surface area (Å²) < 4.78 is 0. The van der Waals surface area contributed by atoms with Gasteiger partial charge in [-0.05, 0) is 24.5 Å². The van der Waals surface area contributed by atoms with Crippen molar-refractivity contribution >= 4 is 17.5 Å². The average Bonchev–Trinajstić information content (AvgIpc) is 2.99. The molecule has 4 heteroatoms. The highest BCUT2D eigenvalue weighted by molar-refractivity contribution is 6.08. The molecule has 0 radical (unpaired) electrons. The molecule has 20 heavy (non-hydrogen) atoms. The number of carbonyl (C=O) groups excluding carboxylic acids is 2. The maximum Gasteiger partial charge on any atom is 0.239 e. The quantitative estimate of drug-likeness (QED) is 0.825. The van der Waals surface area contributed by atoms with Crippen molar-refractivity contribution < 1.29 is 9.59 Å². The summed E-state index contributed by atoms with van der Waals surface area (Å²) >= 11 is 0. The summed E-state index contributed by atoms with van der Waals surface area (Å²) in [6, 6.07) is 7.95. The van der Waals surface area contributed by atoms with Gasteiger partial charge in [-0.15, -0.1) is 0 Å². The molecule has 1 saturated heterocycles. The van der Waals surface area contributed by atoms with E-state index >= 15 is 0 Å². The van der Waals surface area contributed by atoms with Gasteiger partial charge in [0.05, 0.1) is 5.41 Å². The predicted molar refractivity (Wildman–Crippen MR) is 77.6 cm³/mol. The van der Waals surface area contributed by atoms with Crippen LogP contribution in [-0.2, 0) is 15.0 Å². The van der Waals surface area contributed by atoms with Crippen molar-refractivity contribution in [2.24, 2.45) is 0 Å². The maximum atomic E-state index is 12.7. The molecule has 1 fully saturated rings. The molecule has 0 bridgehead atoms. The Labute approximate surface area is 119 Å². The van der Waals surface area contributed by atoms with E-state index in [1.54, 1.807) is 4.90 Å². The van der Waals surface area contributed by atoms with Crippen molar-refractivity contribution in [2.75, 3.05) is 25.0 Å². The number of likely N-dealkylation sites (tertiary alicyclic amines) is 1. The summed E-state index contributed by atoms with van der Waals surface area (Å²) in [5, 5.41) is 0. The Morgan fingerprint density at radius 1 is 1.35 bits per heavy atom. The first-order valence-corrected chi connectivity index (χ1v) is 7.25. The normalized spacial score (nSPS) is 24.6. The van der Waals surface area contributed by atoms with Crippen LogP contribution < -0.4 is 4.90 Å². The molecule has 1 aromatic rings. The first-order valence-electron chi connectivity index (χ1n) is 7.25. The van der Waals surface area contributed by atoms with Gasteiger partial charge in [-0.25, -0.2) is 0 Å². The van der Waals surface area contributed by atoms with Crippen molar-refractivity contribution in [1.82, 2.24) is 4.90 Å². The lowest BCUT2D eigenvalue weighted by molar-refractivity contribution is -0.130. The van der Waals surface area contributed by atoms with E-state index in [1.165, 1.54) is 0 Å². The van der Waals surface area contributed by atoms with Crippen LogP contribution in [0.1, 0.15) is 31.7 Å². The van der Waals surface area contributed by atoms with E-state index in [9.17, 15) is 9.59 Å². The van der Waals surface area contributed by atoms with Crippen LogP contribution in [0.3, 0.4) is 0 Å². The number of para-hydroxylation sites is 1. The molecule has 2 aliphatic heterocycles. The number of hydrogen-bond acceptors (Lipinski definition) is 2. The summed E-state index contributed by atoms with van der Waals surface area (Å²) in [6.07, 6.45) is 2.16. The minimum absolute atomic E-state index is 0.130. The molecular weight excluding hydrogens is 252 g/mol. The zero-order chi connectivity index (χ0) is 14.3. The van der Waals surface area contributed by atoms with Crippen molar-refractivity contribution in [3.05, 3.63) is 29.8 Å². The highest BCUT2D eigenvalue weighted by Gasteiger charge is 2.53. The molecular formula is C16H20N2O2. The molecule has 1 atom stereocenters. The second-order valence-electron chi connectivity index (χ2n) is 5.78. The molecule has 2 amide bonds. The number of hydrogen-bond donors (Lipinski definition) is 0. The van der Waals surface area contributed by atoms with Crippen LogP contribution in [-0.4, -0.2) is 36.9 Å². The molecule has 1 aromatic carbocycles. The maximum absolute atomic E-state index is 12.7. The first kappa shape index (κ1) is 13.2. The molecule has 1 spiro atoms. The Bertz CT molecular complexity index is 569. The summed E-state index contributed by atoms with van der Waals surface area (Å²) in [4.78, 5) is 28.4. The molecule has 0 saturated carbocycles. The Kier molecular flexibility index (Phi) is 3.04. The molecule has 1 unspecified atom stereocenters. The Morgan fingerprint density at radius 2 is 2.10 bits per heavy atom. The van der Waals surface area contributed by atoms with Gasteiger partial charge in [0, 0.05) is 32.2 Å². The largest absolute Gasteiger partial charge is 0.341 e. The third-order valence-electron chi connectivity index (χ3n) is 4.58. The van der Waals surface area contributed by atoms with Gasteiger partial charge in [-0.3, -0.25) is 9.59 Å². The number of likely N-dealkylation sites (N-methyl/N-ethyl adjacent to an activating group) is 1. The van der Waals surface area contributed by atoms with Crippen LogP contribution >= 0.6 is 0 Å². The Hall–Kier alpha value is -1.84. The van der Waals surface area contributed by atoms with Crippen molar-refractivity contribution in [2.45, 2.75) is 31.6 Å². The second kappa shape index (κ2) is 4.62. The van der Waals surface area contributed by atoms with E-state index in [4.69, 9.17) is 0 Å². The minimum Gasteiger partial charge on any atom is -0.341 e. The zero-order valence-electron chi connectivity index (χ0n) is 12.1. The van der Waals surface area contributed by atoms with Gasteiger partial charge in [-0.2, -0.15) is 0 Å². The second-order valence-corrected chi connectivity index (χ2v) is 5.78. The smallest absolute Gasteiger partial charge is 0.239 e. The van der Waals surface area contributed by atoms with Crippen LogP contribution in [0.25, 0.3) is 0 Å². The van der Waals surface area contributed by atoms with E-state index in [0.29, 0.717) is 19.5 Å². The summed E-state index contributed by atoms with van der Waals surface area (Å²) in [5.74, 6) is 0.301. The van der Waals surface area contributed by atoms with E-state index < -0.39 is 5.41 Å². The van der Waals surface area contributed by atoms with Gasteiger partial charge in [0.2, 0.25) is 11.8 Å². The fraction of sp³-hybridized carbons (Fsp3) is 0.500. The third-order valence-corrected chi connectivity index (χ3v) is 4.58. The number of carbonyl (C=O) groups is 2. The third kappa shape index (κ3) is 1.67. The van der Waals surface area contributed by atoms with Gasteiger partial charge >= 0.3 is 0 Å². The number of anilines is 1. The standard InChI is InChI=1S/C16H20N2O2/c1-3-6-14(19)18-10-9-16(11-18)12-7-4-5-8-13(12)17(2)15(16)20/h4-5,7-8H,3,6,9-11H2,1-2H3. The van der Waals surface area contributed by atoms with Crippen LogP contribution in [0.15, 0.2) is 24.3 Å². The van der Waals surface area contributed by atoms with Crippen molar-refractivity contribution in [3.63, 3.8) is 0 Å². The van der Waals surface area contributed by atoms with Crippen LogP contribution in [0.5, 0.6) is 0 Å². The monoisotopic (exact) mass is 272 g/mol. The number of rotatable bonds is 2. The fourth-order valence-corrected chi connectivity index (χ4v) is 3.51. The fourth-order valence-electron chi connectivity index (χ4n) is 3.51. The highest BCUT2D eigenvalue weighted by Crippen LogP contribution is 2.46. The van der Waals surface area contributed by atoms with Gasteiger partial charge in [0.1, 0.15) is 0 Å². The molecule has 2 aliphatic rings. The molecule has 0 N–H and O–H groups in total. The summed E-state index contributed by atoms with van der Waals surface area (Å²) in [7, 11) is 1.83. The zero-order valence-corrected chi connectivity index (χ0v) is 12.1. The number of nitrogens with zero attached hydrogens (tertiary/aromatic N) is 2. The number of fused-ring (bicyclic) bond motifs is 2. The molecule has 106 valence electrons. The molecule has 4 nitrogen and oxygen atoms in total. The average molecular weight is 272 g/mol. The van der Waals surface area contributed by atoms with Crippen LogP contribution in [0, 0.1) is 0 Å². The molecule has 2 heterocycles. The number of benzene rings is 1. The topological polar surface area (TPSA) is 40.6 Å². The summed E-state index contributed by atoms with van der Waals surface area (Å²) in [5.41, 5.74) is 1.57. The number of amides is 2.